The molecule has 12 heavy (non-hydrogen) atoms. The second-order valence-corrected chi connectivity index (χ2v) is 1.90. The first kappa shape index (κ1) is 17.5. The van der Waals surface area contributed by atoms with Crippen LogP contribution in [0.5, 0.6) is 0 Å². The molecule has 0 aliphatic carbocycles. The Kier molecular flexibility index (Phi) is 15.2. The van der Waals surface area contributed by atoms with Crippen LogP contribution in [0.4, 0.5) is 0 Å². The van der Waals surface area contributed by atoms with Gasteiger partial charge in [-0.15, -0.1) is 24.8 Å². The molecule has 0 heterocycles. The van der Waals surface area contributed by atoms with Crippen LogP contribution in [-0.4, -0.2) is 25.0 Å². The zero-order valence-corrected chi connectivity index (χ0v) is 8.17. The van der Waals surface area contributed by atoms with Gasteiger partial charge >= 0.3 is 0 Å². The van der Waals surface area contributed by atoms with Crippen LogP contribution in [0.2, 0.25) is 0 Å². The molecule has 0 bridgehead atoms. The first-order valence-corrected chi connectivity index (χ1v) is 2.97. The number of quaternary nitrogens is 2. The standard InChI is InChI=1S/C4H12N6.2ClH/c5-3(6)9-1-2-10-4(7)8;;/h1-2H2,(H4,5,6,9)(H4,7,8,10);2*1H/p+2. The molecule has 0 atom stereocenters. The maximum absolute atomic E-state index is 6.80. The highest BCUT2D eigenvalue weighted by Crippen LogP contribution is 1.32. The molecule has 8 heteroatoms. The third-order valence-electron chi connectivity index (χ3n) is 0.895. The quantitative estimate of drug-likeness (QED) is 0.169. The average Bonchev–Trinajstić information content (AvgIpc) is 1.79. The van der Waals surface area contributed by atoms with Crippen molar-refractivity contribution in [3.8, 4) is 0 Å². The monoisotopic (exact) mass is 218 g/mol. The van der Waals surface area contributed by atoms with Crippen molar-refractivity contribution < 1.29 is 10.6 Å². The van der Waals surface area contributed by atoms with Crippen LogP contribution in [0.25, 0.3) is 0 Å². The van der Waals surface area contributed by atoms with E-state index in [1.807, 2.05) is 0 Å². The van der Waals surface area contributed by atoms with Crippen molar-refractivity contribution in [2.75, 3.05) is 13.1 Å². The number of nitrogens with two attached hydrogens (primary N) is 4. The van der Waals surface area contributed by atoms with E-state index in [9.17, 15) is 0 Å². The van der Waals surface area contributed by atoms with Crippen molar-refractivity contribution in [1.82, 2.24) is 0 Å². The fourth-order valence-electron chi connectivity index (χ4n) is 0.478. The predicted octanol–water partition coefficient (Wildman–Crippen LogP) is -3.26. The highest BCUT2D eigenvalue weighted by Gasteiger charge is 1.96. The molecule has 0 spiro atoms. The van der Waals surface area contributed by atoms with E-state index in [2.05, 4.69) is 0 Å². The normalized spacial score (nSPS) is 7.67. The molecule has 0 aromatic carbocycles. The summed E-state index contributed by atoms with van der Waals surface area (Å²) in [5.74, 6) is 0.133. The fourth-order valence-corrected chi connectivity index (χ4v) is 0.478. The lowest BCUT2D eigenvalue weighted by atomic mass is 10.6. The zero-order chi connectivity index (χ0) is 7.98. The van der Waals surface area contributed by atoms with Crippen molar-refractivity contribution >= 4 is 36.7 Å². The Bertz CT molecular complexity index is 122. The summed E-state index contributed by atoms with van der Waals surface area (Å²) < 4.78 is 0. The highest BCUT2D eigenvalue weighted by molar-refractivity contribution is 5.85. The molecule has 0 aliphatic heterocycles. The molecule has 0 radical (unpaired) electrons. The third kappa shape index (κ3) is 16.2. The van der Waals surface area contributed by atoms with Crippen LogP contribution in [-0.2, 0) is 0 Å². The molecule has 0 aromatic rings. The van der Waals surface area contributed by atoms with Crippen molar-refractivity contribution in [3.63, 3.8) is 0 Å². The number of nitrogens with one attached hydrogen (secondary N) is 2. The van der Waals surface area contributed by atoms with Crippen molar-refractivity contribution in [2.45, 2.75) is 0 Å². The minimum atomic E-state index is 0. The summed E-state index contributed by atoms with van der Waals surface area (Å²) in [5, 5.41) is 16.8. The molecule has 6 nitrogen and oxygen atoms in total. The van der Waals surface area contributed by atoms with E-state index in [1.54, 1.807) is 10.6 Å². The average molecular weight is 219 g/mol. The smallest absolute Gasteiger partial charge is 0.288 e. The lowest BCUT2D eigenvalue weighted by Crippen LogP contribution is -3.00. The van der Waals surface area contributed by atoms with E-state index in [0.717, 1.165) is 0 Å². The Morgan fingerprint density at radius 1 is 0.917 bits per heavy atom. The maximum Gasteiger partial charge on any atom is 0.288 e. The van der Waals surface area contributed by atoms with E-state index >= 15 is 0 Å². The van der Waals surface area contributed by atoms with E-state index in [0.29, 0.717) is 13.1 Å². The molecule has 0 amide bonds. The van der Waals surface area contributed by atoms with Crippen molar-refractivity contribution in [2.24, 2.45) is 11.5 Å². The van der Waals surface area contributed by atoms with E-state index in [4.69, 9.17) is 22.3 Å². The molecule has 74 valence electrons. The predicted molar refractivity (Wildman–Crippen MR) is 51.9 cm³/mol. The highest BCUT2D eigenvalue weighted by atomic mass is 35.5. The second-order valence-electron chi connectivity index (χ2n) is 1.90. The Morgan fingerprint density at radius 3 is 1.33 bits per heavy atom. The Balaban J connectivity index is -0.000000405. The largest absolute Gasteiger partial charge is 0.338 e. The molecule has 0 rings (SSSR count). The first-order valence-electron chi connectivity index (χ1n) is 2.97. The fraction of sp³-hybridized carbons (Fsp3) is 0.500. The number of guanidine groups is 2. The number of hydrogen-bond donors (Lipinski definition) is 6. The van der Waals surface area contributed by atoms with Gasteiger partial charge in [0.2, 0.25) is 0 Å². The minimum absolute atomic E-state index is 0. The first-order chi connectivity index (χ1) is 4.63. The van der Waals surface area contributed by atoms with E-state index < -0.39 is 0 Å². The summed E-state index contributed by atoms with van der Waals surface area (Å²) in [6.07, 6.45) is 0. The topological polar surface area (TPSA) is 133 Å². The van der Waals surface area contributed by atoms with Crippen LogP contribution in [0.15, 0.2) is 0 Å². The summed E-state index contributed by atoms with van der Waals surface area (Å²) >= 11 is 0. The van der Waals surface area contributed by atoms with Gasteiger partial charge in [-0.3, -0.25) is 10.6 Å². The third-order valence-corrected chi connectivity index (χ3v) is 0.895. The van der Waals surface area contributed by atoms with E-state index in [1.165, 1.54) is 0 Å². The molecular weight excluding hydrogens is 203 g/mol. The molecule has 0 saturated heterocycles. The maximum atomic E-state index is 6.80. The van der Waals surface area contributed by atoms with Gasteiger partial charge in [0.05, 0.1) is 0 Å². The van der Waals surface area contributed by atoms with Crippen LogP contribution < -0.4 is 22.1 Å². The lowest BCUT2D eigenvalue weighted by molar-refractivity contribution is -0.619. The van der Waals surface area contributed by atoms with Crippen LogP contribution in [0.1, 0.15) is 0 Å². The number of rotatable bonds is 3. The lowest BCUT2D eigenvalue weighted by Gasteiger charge is -1.95. The summed E-state index contributed by atoms with van der Waals surface area (Å²) in [5.41, 5.74) is 10.1. The van der Waals surface area contributed by atoms with Crippen molar-refractivity contribution in [1.29, 1.82) is 10.8 Å². The molecule has 0 unspecified atom stereocenters. The number of hydrogen-bond acceptors (Lipinski definition) is 2. The molecule has 0 saturated carbocycles. The molecule has 0 aliphatic rings. The van der Waals surface area contributed by atoms with Crippen LogP contribution in [0.3, 0.4) is 0 Å². The molecular formula is C4H16Cl2N6+2. The van der Waals surface area contributed by atoms with Gasteiger partial charge < -0.3 is 11.5 Å². The summed E-state index contributed by atoms with van der Waals surface area (Å²) in [6, 6.07) is 0. The second kappa shape index (κ2) is 10.4. The zero-order valence-electron chi connectivity index (χ0n) is 6.54. The summed E-state index contributed by atoms with van der Waals surface area (Å²) in [6.45, 7) is 1.35. The van der Waals surface area contributed by atoms with Gasteiger partial charge in [0.1, 0.15) is 13.1 Å². The van der Waals surface area contributed by atoms with Crippen LogP contribution >= 0.6 is 24.8 Å². The summed E-state index contributed by atoms with van der Waals surface area (Å²) in [7, 11) is 0. The van der Waals surface area contributed by atoms with E-state index in [-0.39, 0.29) is 36.7 Å². The number of halogens is 2. The van der Waals surface area contributed by atoms with Crippen LogP contribution in [0, 0.1) is 10.8 Å². The Labute approximate surface area is 83.3 Å². The molecule has 10 N–H and O–H groups in total. The van der Waals surface area contributed by atoms with Gasteiger partial charge in [0.15, 0.2) is 0 Å². The van der Waals surface area contributed by atoms with Gasteiger partial charge in [-0.1, -0.05) is 0 Å². The summed E-state index contributed by atoms with van der Waals surface area (Å²) in [4.78, 5) is 0. The van der Waals surface area contributed by atoms with Gasteiger partial charge in [-0.05, 0) is 0 Å². The minimum Gasteiger partial charge on any atom is -0.338 e. The Hall–Kier alpha value is -0.560. The van der Waals surface area contributed by atoms with Gasteiger partial charge in [0.25, 0.3) is 11.9 Å². The van der Waals surface area contributed by atoms with Gasteiger partial charge in [-0.25, -0.2) is 10.8 Å². The van der Waals surface area contributed by atoms with Gasteiger partial charge in [0, 0.05) is 0 Å². The van der Waals surface area contributed by atoms with Crippen molar-refractivity contribution in [3.05, 3.63) is 0 Å². The Morgan fingerprint density at radius 2 is 1.17 bits per heavy atom. The SMILES string of the molecule is Cl.Cl.N=C(N)[NH2+]CC[NH2+]C(=N)N. The molecule has 0 fully saturated rings. The van der Waals surface area contributed by atoms with Gasteiger partial charge in [-0.2, -0.15) is 0 Å². The molecule has 0 aromatic heterocycles.